The molecule has 1 saturated heterocycles. The van der Waals surface area contributed by atoms with Crippen LogP contribution in [0.2, 0.25) is 5.15 Å². The molecule has 1 aliphatic rings. The van der Waals surface area contributed by atoms with Gasteiger partial charge >= 0.3 is 0 Å². The van der Waals surface area contributed by atoms with Crippen molar-refractivity contribution in [1.29, 1.82) is 0 Å². The van der Waals surface area contributed by atoms with Gasteiger partial charge in [-0.1, -0.05) is 11.6 Å². The molecule has 0 amide bonds. The number of ether oxygens (including phenoxy) is 2. The van der Waals surface area contributed by atoms with E-state index in [0.29, 0.717) is 18.4 Å². The van der Waals surface area contributed by atoms with Gasteiger partial charge in [-0.3, -0.25) is 0 Å². The lowest BCUT2D eigenvalue weighted by atomic mass is 10.1. The maximum atomic E-state index is 5.76. The number of halogens is 1. The highest BCUT2D eigenvalue weighted by atomic mass is 35.5. The van der Waals surface area contributed by atoms with Crippen LogP contribution in [0.3, 0.4) is 0 Å². The van der Waals surface area contributed by atoms with Crippen LogP contribution < -0.4 is 0 Å². The Kier molecular flexibility index (Phi) is 2.24. The van der Waals surface area contributed by atoms with Gasteiger partial charge in [-0.2, -0.15) is 0 Å². The average molecular weight is 200 g/mol. The van der Waals surface area contributed by atoms with E-state index in [4.69, 9.17) is 21.1 Å². The van der Waals surface area contributed by atoms with E-state index in [1.54, 1.807) is 12.3 Å². The maximum Gasteiger partial charge on any atom is 0.192 e. The average Bonchev–Trinajstić information content (AvgIpc) is 2.54. The fourth-order valence-corrected chi connectivity index (χ4v) is 1.54. The highest BCUT2D eigenvalue weighted by molar-refractivity contribution is 6.29. The van der Waals surface area contributed by atoms with Crippen LogP contribution in [0.5, 0.6) is 0 Å². The van der Waals surface area contributed by atoms with Gasteiger partial charge in [0.15, 0.2) is 5.79 Å². The minimum Gasteiger partial charge on any atom is -0.344 e. The predicted molar refractivity (Wildman–Crippen MR) is 48.5 cm³/mol. The highest BCUT2D eigenvalue weighted by Crippen LogP contribution is 2.31. The Morgan fingerprint density at radius 2 is 2.15 bits per heavy atom. The zero-order chi connectivity index (χ0) is 9.31. The topological polar surface area (TPSA) is 31.4 Å². The highest BCUT2D eigenvalue weighted by Gasteiger charge is 2.33. The summed E-state index contributed by atoms with van der Waals surface area (Å²) in [6.07, 6.45) is 1.65. The van der Waals surface area contributed by atoms with Crippen molar-refractivity contribution >= 4 is 11.6 Å². The molecular formula is C9H10ClNO2. The summed E-state index contributed by atoms with van der Waals surface area (Å²) in [5, 5.41) is 0.456. The van der Waals surface area contributed by atoms with E-state index >= 15 is 0 Å². The van der Waals surface area contributed by atoms with Crippen molar-refractivity contribution in [2.75, 3.05) is 13.2 Å². The van der Waals surface area contributed by atoms with Crippen molar-refractivity contribution in [3.05, 3.63) is 29.0 Å². The van der Waals surface area contributed by atoms with E-state index in [0.717, 1.165) is 5.56 Å². The van der Waals surface area contributed by atoms with Crippen molar-refractivity contribution in [2.45, 2.75) is 12.7 Å². The zero-order valence-electron chi connectivity index (χ0n) is 7.29. The molecule has 4 heteroatoms. The summed E-state index contributed by atoms with van der Waals surface area (Å²) in [5.74, 6) is -0.646. The molecule has 1 aromatic rings. The SMILES string of the molecule is CC1(c2ccnc(Cl)c2)OCCO1. The van der Waals surface area contributed by atoms with Crippen molar-refractivity contribution < 1.29 is 9.47 Å². The van der Waals surface area contributed by atoms with Gasteiger partial charge in [-0.15, -0.1) is 0 Å². The lowest BCUT2D eigenvalue weighted by Gasteiger charge is -2.22. The van der Waals surface area contributed by atoms with E-state index in [1.807, 2.05) is 13.0 Å². The Morgan fingerprint density at radius 3 is 2.77 bits per heavy atom. The largest absolute Gasteiger partial charge is 0.344 e. The van der Waals surface area contributed by atoms with E-state index in [2.05, 4.69) is 4.98 Å². The molecule has 70 valence electrons. The molecule has 0 atom stereocenters. The molecule has 13 heavy (non-hydrogen) atoms. The van der Waals surface area contributed by atoms with Crippen LogP contribution in [0, 0.1) is 0 Å². The predicted octanol–water partition coefficient (Wildman–Crippen LogP) is 1.95. The smallest absolute Gasteiger partial charge is 0.192 e. The summed E-state index contributed by atoms with van der Waals surface area (Å²) in [7, 11) is 0. The molecular weight excluding hydrogens is 190 g/mol. The molecule has 2 rings (SSSR count). The molecule has 0 unspecified atom stereocenters. The Morgan fingerprint density at radius 1 is 1.46 bits per heavy atom. The van der Waals surface area contributed by atoms with Gasteiger partial charge in [-0.25, -0.2) is 4.98 Å². The van der Waals surface area contributed by atoms with Crippen molar-refractivity contribution in [3.8, 4) is 0 Å². The Bertz CT molecular complexity index is 310. The fourth-order valence-electron chi connectivity index (χ4n) is 1.37. The second-order valence-electron chi connectivity index (χ2n) is 3.01. The molecule has 3 nitrogen and oxygen atoms in total. The van der Waals surface area contributed by atoms with E-state index in [-0.39, 0.29) is 0 Å². The van der Waals surface area contributed by atoms with Crippen LogP contribution in [-0.2, 0) is 15.3 Å². The standard InChI is InChI=1S/C9H10ClNO2/c1-9(12-4-5-13-9)7-2-3-11-8(10)6-7/h2-3,6H,4-5H2,1H3. The monoisotopic (exact) mass is 199 g/mol. The number of rotatable bonds is 1. The number of pyridine rings is 1. The van der Waals surface area contributed by atoms with Crippen LogP contribution >= 0.6 is 11.6 Å². The van der Waals surface area contributed by atoms with Gasteiger partial charge in [0.25, 0.3) is 0 Å². The summed E-state index contributed by atoms with van der Waals surface area (Å²) in [6.45, 7) is 3.12. The van der Waals surface area contributed by atoms with Crippen LogP contribution in [0.4, 0.5) is 0 Å². The molecule has 0 radical (unpaired) electrons. The minimum atomic E-state index is -0.646. The fraction of sp³-hybridized carbons (Fsp3) is 0.444. The third-order valence-electron chi connectivity index (χ3n) is 2.09. The lowest BCUT2D eigenvalue weighted by Crippen LogP contribution is -2.22. The van der Waals surface area contributed by atoms with Crippen molar-refractivity contribution in [3.63, 3.8) is 0 Å². The Labute approximate surface area is 81.6 Å². The third-order valence-corrected chi connectivity index (χ3v) is 2.30. The first-order chi connectivity index (χ1) is 6.21. The number of hydrogen-bond donors (Lipinski definition) is 0. The number of hydrogen-bond acceptors (Lipinski definition) is 3. The molecule has 1 aromatic heterocycles. The van der Waals surface area contributed by atoms with Crippen LogP contribution in [-0.4, -0.2) is 18.2 Å². The first kappa shape index (κ1) is 8.94. The molecule has 0 saturated carbocycles. The number of aromatic nitrogens is 1. The second-order valence-corrected chi connectivity index (χ2v) is 3.40. The zero-order valence-corrected chi connectivity index (χ0v) is 8.04. The molecule has 2 heterocycles. The Balaban J connectivity index is 2.33. The van der Waals surface area contributed by atoms with Gasteiger partial charge < -0.3 is 9.47 Å². The quantitative estimate of drug-likeness (QED) is 0.648. The molecule has 1 aliphatic heterocycles. The van der Waals surface area contributed by atoms with Gasteiger partial charge in [0.1, 0.15) is 5.15 Å². The van der Waals surface area contributed by atoms with Gasteiger partial charge in [0, 0.05) is 11.8 Å². The maximum absolute atomic E-state index is 5.76. The first-order valence-corrected chi connectivity index (χ1v) is 4.48. The van der Waals surface area contributed by atoms with Crippen LogP contribution in [0.25, 0.3) is 0 Å². The summed E-state index contributed by atoms with van der Waals surface area (Å²) >= 11 is 5.76. The van der Waals surface area contributed by atoms with Crippen LogP contribution in [0.15, 0.2) is 18.3 Å². The first-order valence-electron chi connectivity index (χ1n) is 4.11. The van der Waals surface area contributed by atoms with E-state index in [1.165, 1.54) is 0 Å². The minimum absolute atomic E-state index is 0.456. The Hall–Kier alpha value is -0.640. The van der Waals surface area contributed by atoms with Gasteiger partial charge in [0.05, 0.1) is 13.2 Å². The van der Waals surface area contributed by atoms with Crippen LogP contribution in [0.1, 0.15) is 12.5 Å². The molecule has 0 aromatic carbocycles. The summed E-state index contributed by atoms with van der Waals surface area (Å²) in [6, 6.07) is 3.60. The molecule has 1 fully saturated rings. The van der Waals surface area contributed by atoms with E-state index in [9.17, 15) is 0 Å². The van der Waals surface area contributed by atoms with Crippen molar-refractivity contribution in [2.24, 2.45) is 0 Å². The molecule has 0 aliphatic carbocycles. The van der Waals surface area contributed by atoms with Gasteiger partial charge in [-0.05, 0) is 19.1 Å². The normalized spacial score (nSPS) is 20.5. The molecule has 0 N–H and O–H groups in total. The summed E-state index contributed by atoms with van der Waals surface area (Å²) in [5.41, 5.74) is 0.907. The summed E-state index contributed by atoms with van der Waals surface area (Å²) < 4.78 is 10.9. The van der Waals surface area contributed by atoms with Crippen molar-refractivity contribution in [1.82, 2.24) is 4.98 Å². The molecule has 0 bridgehead atoms. The summed E-state index contributed by atoms with van der Waals surface area (Å²) in [4.78, 5) is 3.90. The molecule has 0 spiro atoms. The van der Waals surface area contributed by atoms with E-state index < -0.39 is 5.79 Å². The number of nitrogens with zero attached hydrogens (tertiary/aromatic N) is 1. The third kappa shape index (κ3) is 1.68. The van der Waals surface area contributed by atoms with Gasteiger partial charge in [0.2, 0.25) is 0 Å². The second kappa shape index (κ2) is 3.25. The lowest BCUT2D eigenvalue weighted by molar-refractivity contribution is -0.149.